The molecule has 0 aliphatic carbocycles. The second-order valence-corrected chi connectivity index (χ2v) is 8.54. The molecule has 4 N–H and O–H groups in total. The van der Waals surface area contributed by atoms with Crippen molar-refractivity contribution in [2.45, 2.75) is 13.1 Å². The minimum absolute atomic E-state index is 0.464. The Morgan fingerprint density at radius 2 is 1.18 bits per heavy atom. The molecule has 0 bridgehead atoms. The van der Waals surface area contributed by atoms with Crippen LogP contribution in [-0.2, 0) is 22.6 Å². The van der Waals surface area contributed by atoms with Crippen molar-refractivity contribution >= 4 is 23.5 Å². The van der Waals surface area contributed by atoms with Gasteiger partial charge in [0.05, 0.1) is 26.4 Å². The molecule has 9 heteroatoms. The molecule has 0 radical (unpaired) electrons. The normalized spacial score (nSPS) is 10.8. The maximum absolute atomic E-state index is 5.64. The number of nitrogens with two attached hydrogens (primary N) is 1. The Morgan fingerprint density at radius 1 is 0.632 bits per heavy atom. The van der Waals surface area contributed by atoms with E-state index in [-0.39, 0.29) is 0 Å². The zero-order chi connectivity index (χ0) is 26.3. The highest BCUT2D eigenvalue weighted by molar-refractivity contribution is 5.55. The van der Waals surface area contributed by atoms with Crippen molar-refractivity contribution in [2.75, 3.05) is 55.1 Å². The number of rotatable bonds is 16. The van der Waals surface area contributed by atoms with Gasteiger partial charge < -0.3 is 30.7 Å². The van der Waals surface area contributed by atoms with Crippen LogP contribution in [0.5, 0.6) is 0 Å². The van der Waals surface area contributed by atoms with Crippen molar-refractivity contribution in [3.8, 4) is 0 Å². The van der Waals surface area contributed by atoms with E-state index in [0.717, 1.165) is 5.69 Å². The van der Waals surface area contributed by atoms with Gasteiger partial charge in [0.1, 0.15) is 0 Å². The van der Waals surface area contributed by atoms with Crippen molar-refractivity contribution in [3.05, 3.63) is 102 Å². The molecule has 1 aromatic heterocycles. The van der Waals surface area contributed by atoms with Crippen molar-refractivity contribution < 1.29 is 9.47 Å². The number of benzene rings is 3. The fraction of sp³-hybridized carbons (Fsp3) is 0.276. The summed E-state index contributed by atoms with van der Waals surface area (Å²) >= 11 is 0. The molecule has 0 unspecified atom stereocenters. The van der Waals surface area contributed by atoms with Crippen LogP contribution in [0, 0.1) is 0 Å². The largest absolute Gasteiger partial charge is 0.378 e. The van der Waals surface area contributed by atoms with E-state index in [9.17, 15) is 0 Å². The van der Waals surface area contributed by atoms with Gasteiger partial charge in [-0.25, -0.2) is 0 Å². The van der Waals surface area contributed by atoms with Gasteiger partial charge >= 0.3 is 0 Å². The lowest BCUT2D eigenvalue weighted by atomic mass is 10.2. The van der Waals surface area contributed by atoms with Crippen molar-refractivity contribution in [1.82, 2.24) is 15.0 Å². The minimum atomic E-state index is 0.464. The highest BCUT2D eigenvalue weighted by Gasteiger charge is 2.15. The fourth-order valence-electron chi connectivity index (χ4n) is 3.74. The third-order valence-electron chi connectivity index (χ3n) is 5.53. The van der Waals surface area contributed by atoms with Crippen molar-refractivity contribution in [3.63, 3.8) is 0 Å². The van der Waals surface area contributed by atoms with Crippen LogP contribution >= 0.6 is 0 Å². The monoisotopic (exact) mass is 513 g/mol. The molecule has 3 aromatic carbocycles. The van der Waals surface area contributed by atoms with Gasteiger partial charge in [-0.15, -0.1) is 0 Å². The second kappa shape index (κ2) is 15.3. The Balaban J connectivity index is 1.53. The van der Waals surface area contributed by atoms with Gasteiger partial charge in [-0.2, -0.15) is 15.0 Å². The van der Waals surface area contributed by atoms with Crippen LogP contribution < -0.4 is 21.3 Å². The Labute approximate surface area is 224 Å². The quantitative estimate of drug-likeness (QED) is 0.190. The number of anilines is 4. The molecule has 0 spiro atoms. The molecule has 0 atom stereocenters. The van der Waals surface area contributed by atoms with E-state index in [2.05, 4.69) is 44.8 Å². The lowest BCUT2D eigenvalue weighted by Gasteiger charge is -2.24. The minimum Gasteiger partial charge on any atom is -0.378 e. The van der Waals surface area contributed by atoms with Crippen LogP contribution in [0.25, 0.3) is 0 Å². The topological polar surface area (TPSA) is 110 Å². The number of hydrogen-bond acceptors (Lipinski definition) is 9. The molecule has 198 valence electrons. The zero-order valence-electron chi connectivity index (χ0n) is 21.5. The molecule has 4 aromatic rings. The van der Waals surface area contributed by atoms with E-state index in [4.69, 9.17) is 25.2 Å². The highest BCUT2D eigenvalue weighted by atomic mass is 16.5. The lowest BCUT2D eigenvalue weighted by Crippen LogP contribution is -2.25. The van der Waals surface area contributed by atoms with E-state index in [1.807, 2.05) is 66.7 Å². The Hall–Kier alpha value is -4.05. The summed E-state index contributed by atoms with van der Waals surface area (Å²) in [6, 6.07) is 30.5. The molecular formula is C29H35N7O2. The Morgan fingerprint density at radius 3 is 1.79 bits per heavy atom. The molecule has 0 fully saturated rings. The van der Waals surface area contributed by atoms with Gasteiger partial charge in [-0.1, -0.05) is 78.9 Å². The number of aromatic nitrogens is 3. The van der Waals surface area contributed by atoms with Crippen LogP contribution in [0.3, 0.4) is 0 Å². The number of para-hydroxylation sites is 1. The summed E-state index contributed by atoms with van der Waals surface area (Å²) in [5.74, 6) is 1.51. The Bertz CT molecular complexity index is 1160. The first kappa shape index (κ1) is 27.0. The molecule has 4 rings (SSSR count). The van der Waals surface area contributed by atoms with Gasteiger partial charge in [-0.3, -0.25) is 0 Å². The van der Waals surface area contributed by atoms with E-state index < -0.39 is 0 Å². The van der Waals surface area contributed by atoms with Gasteiger partial charge in [0.25, 0.3) is 0 Å². The summed E-state index contributed by atoms with van der Waals surface area (Å²) in [5, 5.41) is 6.59. The first-order valence-electron chi connectivity index (χ1n) is 12.8. The third-order valence-corrected chi connectivity index (χ3v) is 5.53. The number of ether oxygens (including phenoxy) is 2. The predicted molar refractivity (Wildman–Crippen MR) is 152 cm³/mol. The maximum atomic E-state index is 5.64. The molecule has 1 heterocycles. The van der Waals surface area contributed by atoms with E-state index in [0.29, 0.717) is 70.5 Å². The summed E-state index contributed by atoms with van der Waals surface area (Å²) in [4.78, 5) is 16.4. The first-order valence-corrected chi connectivity index (χ1v) is 12.8. The van der Waals surface area contributed by atoms with Crippen LogP contribution in [0.4, 0.5) is 23.5 Å². The van der Waals surface area contributed by atoms with Crippen molar-refractivity contribution in [2.24, 2.45) is 5.73 Å². The van der Waals surface area contributed by atoms with Crippen LogP contribution in [0.2, 0.25) is 0 Å². The summed E-state index contributed by atoms with van der Waals surface area (Å²) in [7, 11) is 0. The molecular weight excluding hydrogens is 478 g/mol. The van der Waals surface area contributed by atoms with Gasteiger partial charge in [0.2, 0.25) is 17.8 Å². The smallest absolute Gasteiger partial charge is 0.233 e. The highest BCUT2D eigenvalue weighted by Crippen LogP contribution is 2.21. The molecule has 38 heavy (non-hydrogen) atoms. The molecule has 0 saturated carbocycles. The van der Waals surface area contributed by atoms with Crippen molar-refractivity contribution in [1.29, 1.82) is 0 Å². The van der Waals surface area contributed by atoms with E-state index in [1.165, 1.54) is 11.1 Å². The number of nitrogens with zero attached hydrogens (tertiary/aromatic N) is 4. The second-order valence-electron chi connectivity index (χ2n) is 8.54. The predicted octanol–water partition coefficient (Wildman–Crippen LogP) is 4.23. The van der Waals surface area contributed by atoms with Crippen LogP contribution in [-0.4, -0.2) is 54.5 Å². The summed E-state index contributed by atoms with van der Waals surface area (Å²) in [6.45, 7) is 4.41. The number of nitrogens with one attached hydrogen (secondary N) is 2. The molecule has 0 aliphatic heterocycles. The average molecular weight is 514 g/mol. The van der Waals surface area contributed by atoms with Crippen LogP contribution in [0.1, 0.15) is 11.1 Å². The van der Waals surface area contributed by atoms with E-state index >= 15 is 0 Å². The summed E-state index contributed by atoms with van der Waals surface area (Å²) in [6.07, 6.45) is 0. The fourth-order valence-corrected chi connectivity index (χ4v) is 3.74. The SMILES string of the molecule is NCCOCCOCCNc1nc(Nc2ccccc2)nc(N(Cc2ccccc2)Cc2ccccc2)n1. The third kappa shape index (κ3) is 9.11. The van der Waals surface area contributed by atoms with Gasteiger partial charge in [0, 0.05) is 31.9 Å². The first-order chi connectivity index (χ1) is 18.8. The van der Waals surface area contributed by atoms with Crippen LogP contribution in [0.15, 0.2) is 91.0 Å². The van der Waals surface area contributed by atoms with Gasteiger partial charge in [0.15, 0.2) is 0 Å². The summed E-state index contributed by atoms with van der Waals surface area (Å²) in [5.41, 5.74) is 8.67. The summed E-state index contributed by atoms with van der Waals surface area (Å²) < 4.78 is 11.0. The molecule has 0 saturated heterocycles. The molecule has 0 aliphatic rings. The number of hydrogen-bond donors (Lipinski definition) is 3. The van der Waals surface area contributed by atoms with E-state index in [1.54, 1.807) is 0 Å². The molecule has 9 nitrogen and oxygen atoms in total. The Kier molecular flexibility index (Phi) is 10.8. The standard InChI is InChI=1S/C29H35N7O2/c30-16-18-37-20-21-38-19-17-31-27-33-28(32-26-14-8-3-9-15-26)35-29(34-27)36(22-24-10-4-1-5-11-24)23-25-12-6-2-7-13-25/h1-15H,16-23,30H2,(H2,31,32,33,34,35). The molecule has 0 amide bonds. The zero-order valence-corrected chi connectivity index (χ0v) is 21.5. The lowest BCUT2D eigenvalue weighted by molar-refractivity contribution is 0.0547. The average Bonchev–Trinajstić information content (AvgIpc) is 2.96. The van der Waals surface area contributed by atoms with Gasteiger partial charge in [-0.05, 0) is 23.3 Å². The maximum Gasteiger partial charge on any atom is 0.233 e.